The predicted octanol–water partition coefficient (Wildman–Crippen LogP) is 2.18. The van der Waals surface area contributed by atoms with Crippen LogP contribution in [0.1, 0.15) is 17.0 Å². The Morgan fingerprint density at radius 3 is 2.62 bits per heavy atom. The molecule has 2 aromatic heterocycles. The third-order valence-electron chi connectivity index (χ3n) is 2.47. The topological polar surface area (TPSA) is 56.7 Å². The largest absolute Gasteiger partial charge is 0.384 e. The lowest BCUT2D eigenvalue weighted by molar-refractivity contribution is 0.657. The maximum absolute atomic E-state index is 6.07. The van der Waals surface area contributed by atoms with Crippen molar-refractivity contribution >= 4 is 17.4 Å². The van der Waals surface area contributed by atoms with Crippen LogP contribution in [-0.2, 0) is 6.54 Å². The quantitative estimate of drug-likeness (QED) is 0.870. The summed E-state index contributed by atoms with van der Waals surface area (Å²) in [5.41, 5.74) is 8.39. The number of nitrogen functional groups attached to an aromatic ring is 1. The van der Waals surface area contributed by atoms with Crippen molar-refractivity contribution in [2.45, 2.75) is 20.4 Å². The molecule has 5 heteroatoms. The van der Waals surface area contributed by atoms with Crippen LogP contribution in [0.5, 0.6) is 0 Å². The van der Waals surface area contributed by atoms with Gasteiger partial charge in [-0.25, -0.2) is 4.98 Å². The van der Waals surface area contributed by atoms with Gasteiger partial charge in [0.05, 0.1) is 23.0 Å². The van der Waals surface area contributed by atoms with Gasteiger partial charge in [0.2, 0.25) is 0 Å². The third kappa shape index (κ3) is 2.02. The molecule has 2 heterocycles. The van der Waals surface area contributed by atoms with Gasteiger partial charge in [-0.15, -0.1) is 0 Å². The van der Waals surface area contributed by atoms with E-state index in [0.29, 0.717) is 12.4 Å². The Kier molecular flexibility index (Phi) is 2.83. The van der Waals surface area contributed by atoms with Gasteiger partial charge in [-0.3, -0.25) is 4.68 Å². The third-order valence-corrected chi connectivity index (χ3v) is 3.02. The highest BCUT2D eigenvalue weighted by Gasteiger charge is 2.09. The van der Waals surface area contributed by atoms with E-state index in [1.165, 1.54) is 0 Å². The van der Waals surface area contributed by atoms with Crippen molar-refractivity contribution in [2.24, 2.45) is 0 Å². The van der Waals surface area contributed by atoms with E-state index in [4.69, 9.17) is 17.3 Å². The van der Waals surface area contributed by atoms with E-state index >= 15 is 0 Å². The molecule has 0 aliphatic heterocycles. The first-order chi connectivity index (χ1) is 7.58. The summed E-state index contributed by atoms with van der Waals surface area (Å²) in [7, 11) is 0. The summed E-state index contributed by atoms with van der Waals surface area (Å²) < 4.78 is 1.87. The Morgan fingerprint density at radius 1 is 1.38 bits per heavy atom. The second-order valence-electron chi connectivity index (χ2n) is 3.73. The lowest BCUT2D eigenvalue weighted by Gasteiger charge is -2.04. The molecule has 2 aromatic rings. The van der Waals surface area contributed by atoms with Crippen molar-refractivity contribution < 1.29 is 0 Å². The van der Waals surface area contributed by atoms with Crippen LogP contribution in [0.2, 0.25) is 5.02 Å². The zero-order valence-electron chi connectivity index (χ0n) is 9.24. The first-order valence-corrected chi connectivity index (χ1v) is 5.35. The molecule has 0 spiro atoms. The number of hydrogen-bond acceptors (Lipinski definition) is 3. The van der Waals surface area contributed by atoms with E-state index in [1.807, 2.05) is 24.6 Å². The number of halogens is 1. The summed E-state index contributed by atoms with van der Waals surface area (Å²) in [6, 6.07) is 3.72. The minimum Gasteiger partial charge on any atom is -0.384 e. The fourth-order valence-electron chi connectivity index (χ4n) is 1.53. The average Bonchev–Trinajstić information content (AvgIpc) is 2.50. The number of aryl methyl sites for hydroxylation is 1. The van der Waals surface area contributed by atoms with E-state index in [1.54, 1.807) is 12.3 Å². The molecule has 84 valence electrons. The van der Waals surface area contributed by atoms with Gasteiger partial charge in [-0.2, -0.15) is 5.10 Å². The molecular weight excluding hydrogens is 224 g/mol. The van der Waals surface area contributed by atoms with Crippen LogP contribution in [0.25, 0.3) is 0 Å². The van der Waals surface area contributed by atoms with Gasteiger partial charge >= 0.3 is 0 Å². The highest BCUT2D eigenvalue weighted by molar-refractivity contribution is 6.31. The highest BCUT2D eigenvalue weighted by Crippen LogP contribution is 2.19. The van der Waals surface area contributed by atoms with Crippen LogP contribution in [0.15, 0.2) is 18.3 Å². The molecule has 0 aliphatic carbocycles. The molecule has 0 bridgehead atoms. The Bertz CT molecular complexity index is 501. The summed E-state index contributed by atoms with van der Waals surface area (Å²) in [5.74, 6) is 0.523. The lowest BCUT2D eigenvalue weighted by Crippen LogP contribution is -2.04. The SMILES string of the molecule is Cc1nn(Cc2ccc(N)nc2)c(C)c1Cl. The standard InChI is InChI=1S/C11H13ClN4/c1-7-11(12)8(2)16(15-7)6-9-3-4-10(13)14-5-9/h3-5H,6H2,1-2H3,(H2,13,14). The minimum atomic E-state index is 0.523. The Hall–Kier alpha value is -1.55. The van der Waals surface area contributed by atoms with Crippen molar-refractivity contribution in [1.29, 1.82) is 0 Å². The summed E-state index contributed by atoms with van der Waals surface area (Å²) in [6.07, 6.45) is 1.75. The zero-order valence-corrected chi connectivity index (χ0v) is 9.99. The van der Waals surface area contributed by atoms with E-state index in [2.05, 4.69) is 10.1 Å². The molecule has 0 amide bonds. The van der Waals surface area contributed by atoms with Crippen LogP contribution >= 0.6 is 11.6 Å². The van der Waals surface area contributed by atoms with Crippen molar-refractivity contribution in [1.82, 2.24) is 14.8 Å². The van der Waals surface area contributed by atoms with Crippen LogP contribution < -0.4 is 5.73 Å². The van der Waals surface area contributed by atoms with E-state index in [9.17, 15) is 0 Å². The molecule has 0 aromatic carbocycles. The van der Waals surface area contributed by atoms with Gasteiger partial charge in [-0.05, 0) is 25.5 Å². The summed E-state index contributed by atoms with van der Waals surface area (Å²) >= 11 is 6.07. The molecule has 0 unspecified atom stereocenters. The maximum Gasteiger partial charge on any atom is 0.123 e. The maximum atomic E-state index is 6.07. The highest BCUT2D eigenvalue weighted by atomic mass is 35.5. The average molecular weight is 237 g/mol. The number of nitrogens with two attached hydrogens (primary N) is 1. The number of aromatic nitrogens is 3. The molecule has 4 nitrogen and oxygen atoms in total. The Labute approximate surface area is 99.1 Å². The minimum absolute atomic E-state index is 0.523. The molecule has 2 rings (SSSR count). The van der Waals surface area contributed by atoms with Crippen molar-refractivity contribution in [3.8, 4) is 0 Å². The molecule has 2 N–H and O–H groups in total. The zero-order chi connectivity index (χ0) is 11.7. The fraction of sp³-hybridized carbons (Fsp3) is 0.273. The molecule has 0 saturated carbocycles. The smallest absolute Gasteiger partial charge is 0.123 e. The number of hydrogen-bond donors (Lipinski definition) is 1. The molecule has 16 heavy (non-hydrogen) atoms. The van der Waals surface area contributed by atoms with Crippen LogP contribution in [0, 0.1) is 13.8 Å². The van der Waals surface area contributed by atoms with Crippen molar-refractivity contribution in [3.05, 3.63) is 40.3 Å². The van der Waals surface area contributed by atoms with Gasteiger partial charge in [0.25, 0.3) is 0 Å². The van der Waals surface area contributed by atoms with Gasteiger partial charge in [0, 0.05) is 6.20 Å². The second-order valence-corrected chi connectivity index (χ2v) is 4.11. The van der Waals surface area contributed by atoms with E-state index in [-0.39, 0.29) is 0 Å². The normalized spacial score (nSPS) is 10.7. The van der Waals surface area contributed by atoms with Gasteiger partial charge in [0.15, 0.2) is 0 Å². The van der Waals surface area contributed by atoms with E-state index < -0.39 is 0 Å². The van der Waals surface area contributed by atoms with Crippen molar-refractivity contribution in [3.63, 3.8) is 0 Å². The van der Waals surface area contributed by atoms with Crippen LogP contribution in [0.3, 0.4) is 0 Å². The first kappa shape index (κ1) is 11.0. The molecule has 0 radical (unpaired) electrons. The second kappa shape index (κ2) is 4.14. The molecule has 0 saturated heterocycles. The first-order valence-electron chi connectivity index (χ1n) is 4.98. The summed E-state index contributed by atoms with van der Waals surface area (Å²) in [4.78, 5) is 4.04. The summed E-state index contributed by atoms with van der Waals surface area (Å²) in [5, 5.41) is 5.08. The fourth-order valence-corrected chi connectivity index (χ4v) is 1.67. The lowest BCUT2D eigenvalue weighted by atomic mass is 10.3. The predicted molar refractivity (Wildman–Crippen MR) is 64.5 cm³/mol. The molecular formula is C11H13ClN4. The number of anilines is 1. The monoisotopic (exact) mass is 236 g/mol. The van der Waals surface area contributed by atoms with Gasteiger partial charge in [-0.1, -0.05) is 17.7 Å². The van der Waals surface area contributed by atoms with Gasteiger partial charge in [0.1, 0.15) is 5.82 Å². The van der Waals surface area contributed by atoms with Gasteiger partial charge < -0.3 is 5.73 Å². The molecule has 0 aliphatic rings. The Balaban J connectivity index is 2.27. The number of rotatable bonds is 2. The van der Waals surface area contributed by atoms with E-state index in [0.717, 1.165) is 22.0 Å². The number of pyridine rings is 1. The molecule has 0 atom stereocenters. The molecule has 0 fully saturated rings. The number of nitrogens with zero attached hydrogens (tertiary/aromatic N) is 3. The summed E-state index contributed by atoms with van der Waals surface area (Å²) in [6.45, 7) is 4.51. The van der Waals surface area contributed by atoms with Crippen molar-refractivity contribution in [2.75, 3.05) is 5.73 Å². The van der Waals surface area contributed by atoms with Crippen LogP contribution in [-0.4, -0.2) is 14.8 Å². The van der Waals surface area contributed by atoms with Crippen LogP contribution in [0.4, 0.5) is 5.82 Å². The Morgan fingerprint density at radius 2 is 2.12 bits per heavy atom.